The number of piperidine rings is 1. The van der Waals surface area contributed by atoms with Crippen LogP contribution in [0.2, 0.25) is 0 Å². The Bertz CT molecular complexity index is 1180. The van der Waals surface area contributed by atoms with Crippen LogP contribution >= 0.6 is 0 Å². The van der Waals surface area contributed by atoms with Crippen LogP contribution in [0.25, 0.3) is 10.9 Å². The molecule has 4 heterocycles. The van der Waals surface area contributed by atoms with Crippen LogP contribution in [0.5, 0.6) is 0 Å². The Morgan fingerprint density at radius 1 is 1.17 bits per heavy atom. The Hall–Kier alpha value is -2.01. The second kappa shape index (κ2) is 10.4. The number of benzene rings is 1. The van der Waals surface area contributed by atoms with Crippen LogP contribution < -0.4 is 5.32 Å². The van der Waals surface area contributed by atoms with Crippen molar-refractivity contribution in [2.75, 3.05) is 37.7 Å². The van der Waals surface area contributed by atoms with Crippen molar-refractivity contribution >= 4 is 26.6 Å². The van der Waals surface area contributed by atoms with Gasteiger partial charge in [-0.05, 0) is 52.0 Å². The van der Waals surface area contributed by atoms with E-state index in [0.717, 1.165) is 49.7 Å². The molecule has 2 aromatic rings. The minimum atomic E-state index is -2.95. The predicted octanol–water partition coefficient (Wildman–Crippen LogP) is 1.82. The number of nitrogens with zero attached hydrogens (tertiary/aromatic N) is 4. The van der Waals surface area contributed by atoms with Crippen molar-refractivity contribution in [3.05, 3.63) is 30.0 Å². The van der Waals surface area contributed by atoms with Gasteiger partial charge in [0.15, 0.2) is 15.5 Å². The van der Waals surface area contributed by atoms with Gasteiger partial charge in [0, 0.05) is 55.2 Å². The second-order valence-electron chi connectivity index (χ2n) is 11.0. The topological polar surface area (TPSA) is 108 Å². The lowest BCUT2D eigenvalue weighted by atomic mass is 9.97. The first-order valence-electron chi connectivity index (χ1n) is 13.3. The van der Waals surface area contributed by atoms with E-state index in [-0.39, 0.29) is 42.1 Å². The highest BCUT2D eigenvalue weighted by atomic mass is 32.2. The van der Waals surface area contributed by atoms with Gasteiger partial charge in [-0.1, -0.05) is 18.2 Å². The number of para-hydroxylation sites is 1. The third-order valence-electron chi connectivity index (χ3n) is 8.29. The minimum absolute atomic E-state index is 0.0112. The van der Waals surface area contributed by atoms with E-state index in [0.29, 0.717) is 30.7 Å². The molecule has 0 spiro atoms. The Labute approximate surface area is 213 Å². The van der Waals surface area contributed by atoms with Gasteiger partial charge in [-0.2, -0.15) is 5.10 Å². The van der Waals surface area contributed by atoms with E-state index in [4.69, 9.17) is 0 Å². The monoisotopic (exact) mass is 517 g/mol. The summed E-state index contributed by atoms with van der Waals surface area (Å²) in [5.74, 6) is 0.357. The largest absolute Gasteiger partial charge is 0.395 e. The first-order chi connectivity index (χ1) is 17.3. The van der Waals surface area contributed by atoms with Crippen molar-refractivity contribution in [1.82, 2.24) is 24.9 Å². The summed E-state index contributed by atoms with van der Waals surface area (Å²) in [5, 5.41) is 18.4. The summed E-state index contributed by atoms with van der Waals surface area (Å²) in [6.45, 7) is 6.33. The van der Waals surface area contributed by atoms with Crippen LogP contribution in [0.3, 0.4) is 0 Å². The van der Waals surface area contributed by atoms with Gasteiger partial charge in [0.25, 0.3) is 5.91 Å². The zero-order valence-corrected chi connectivity index (χ0v) is 22.2. The smallest absolute Gasteiger partial charge is 0.272 e. The van der Waals surface area contributed by atoms with Crippen molar-refractivity contribution in [2.24, 2.45) is 0 Å². The van der Waals surface area contributed by atoms with E-state index in [1.807, 2.05) is 28.9 Å². The average molecular weight is 518 g/mol. The number of sulfone groups is 1. The van der Waals surface area contributed by atoms with Crippen LogP contribution in [0.4, 0.5) is 0 Å². The molecule has 3 saturated heterocycles. The molecule has 3 fully saturated rings. The predicted molar refractivity (Wildman–Crippen MR) is 140 cm³/mol. The molecule has 0 saturated carbocycles. The lowest BCUT2D eigenvalue weighted by molar-refractivity contribution is 0.0753. The average Bonchev–Trinajstić information content (AvgIpc) is 3.47. The number of carbonyl (C=O) groups is 1. The first-order valence-corrected chi connectivity index (χ1v) is 15.2. The normalized spacial score (nSPS) is 27.9. The SMILES string of the molecule is CC(C)n1nc(C(=O)NC2C[C@H]3CC[C@@H](C2)N3CCN(CCO)C2CCS(=O)(=O)C2)c2ccccc21. The summed E-state index contributed by atoms with van der Waals surface area (Å²) in [5.41, 5.74) is 1.48. The zero-order valence-electron chi connectivity index (χ0n) is 21.3. The molecule has 198 valence electrons. The van der Waals surface area contributed by atoms with Gasteiger partial charge < -0.3 is 10.4 Å². The van der Waals surface area contributed by atoms with Crippen LogP contribution in [0.1, 0.15) is 62.5 Å². The molecule has 2 unspecified atom stereocenters. The summed E-state index contributed by atoms with van der Waals surface area (Å²) >= 11 is 0. The number of aliphatic hydroxyl groups is 1. The molecule has 3 aliphatic rings. The maximum Gasteiger partial charge on any atom is 0.272 e. The molecule has 4 atom stereocenters. The molecule has 1 aromatic carbocycles. The standard InChI is InChI=1S/C26H39N5O4S/c1-18(2)31-24-6-4-3-5-23(24)25(28-31)26(33)27-19-15-20-7-8-21(16-19)30(20)11-10-29(12-13-32)22-9-14-36(34,35)17-22/h3-6,18-22,32H,7-17H2,1-2H3,(H,27,33)/t19?,20-,21+,22?. The van der Waals surface area contributed by atoms with Crippen molar-refractivity contribution in [3.63, 3.8) is 0 Å². The van der Waals surface area contributed by atoms with Gasteiger partial charge in [-0.25, -0.2) is 8.42 Å². The Morgan fingerprint density at radius 3 is 2.53 bits per heavy atom. The van der Waals surface area contributed by atoms with Crippen molar-refractivity contribution < 1.29 is 18.3 Å². The van der Waals surface area contributed by atoms with Crippen LogP contribution in [0.15, 0.2) is 24.3 Å². The molecule has 5 rings (SSSR count). The van der Waals surface area contributed by atoms with E-state index in [1.165, 1.54) is 0 Å². The fraction of sp³-hybridized carbons (Fsp3) is 0.692. The van der Waals surface area contributed by atoms with Crippen LogP contribution in [-0.2, 0) is 9.84 Å². The third-order valence-corrected chi connectivity index (χ3v) is 10.0. The van der Waals surface area contributed by atoms with Crippen LogP contribution in [-0.4, -0.2) is 101 Å². The number of hydrogen-bond donors (Lipinski definition) is 2. The fourth-order valence-electron chi connectivity index (χ4n) is 6.57. The molecular weight excluding hydrogens is 478 g/mol. The molecule has 1 aromatic heterocycles. The Kier molecular flexibility index (Phi) is 7.40. The van der Waals surface area contributed by atoms with Gasteiger partial charge in [0.2, 0.25) is 0 Å². The fourth-order valence-corrected chi connectivity index (χ4v) is 8.34. The van der Waals surface area contributed by atoms with E-state index >= 15 is 0 Å². The summed E-state index contributed by atoms with van der Waals surface area (Å²) in [6, 6.07) is 9.06. The maximum absolute atomic E-state index is 13.3. The second-order valence-corrected chi connectivity index (χ2v) is 13.2. The maximum atomic E-state index is 13.3. The number of aromatic nitrogens is 2. The lowest BCUT2D eigenvalue weighted by Gasteiger charge is -2.40. The van der Waals surface area contributed by atoms with Crippen molar-refractivity contribution in [1.29, 1.82) is 0 Å². The lowest BCUT2D eigenvalue weighted by Crippen LogP contribution is -2.53. The molecular formula is C26H39N5O4S. The molecule has 10 heteroatoms. The summed E-state index contributed by atoms with van der Waals surface area (Å²) in [6.07, 6.45) is 4.75. The van der Waals surface area contributed by atoms with Gasteiger partial charge >= 0.3 is 0 Å². The number of rotatable bonds is 9. The molecule has 1 amide bonds. The molecule has 0 aliphatic carbocycles. The van der Waals surface area contributed by atoms with E-state index in [9.17, 15) is 18.3 Å². The number of hydrogen-bond acceptors (Lipinski definition) is 7. The van der Waals surface area contributed by atoms with Gasteiger partial charge in [0.1, 0.15) is 0 Å². The summed E-state index contributed by atoms with van der Waals surface area (Å²) in [7, 11) is -2.95. The minimum Gasteiger partial charge on any atom is -0.395 e. The Balaban J connectivity index is 1.21. The number of aliphatic hydroxyl groups excluding tert-OH is 1. The summed E-state index contributed by atoms with van der Waals surface area (Å²) in [4.78, 5) is 18.0. The highest BCUT2D eigenvalue weighted by Crippen LogP contribution is 2.36. The van der Waals surface area contributed by atoms with Gasteiger partial charge in [-0.3, -0.25) is 19.3 Å². The zero-order chi connectivity index (χ0) is 25.4. The first kappa shape index (κ1) is 25.6. The van der Waals surface area contributed by atoms with Gasteiger partial charge in [-0.15, -0.1) is 0 Å². The number of amides is 1. The number of carbonyl (C=O) groups excluding carboxylic acids is 1. The highest BCUT2D eigenvalue weighted by Gasteiger charge is 2.42. The van der Waals surface area contributed by atoms with E-state index < -0.39 is 9.84 Å². The van der Waals surface area contributed by atoms with E-state index in [2.05, 4.69) is 34.1 Å². The molecule has 2 N–H and O–H groups in total. The molecule has 2 bridgehead atoms. The van der Waals surface area contributed by atoms with Gasteiger partial charge in [0.05, 0.1) is 23.6 Å². The molecule has 36 heavy (non-hydrogen) atoms. The molecule has 9 nitrogen and oxygen atoms in total. The third kappa shape index (κ3) is 5.18. The Morgan fingerprint density at radius 2 is 1.89 bits per heavy atom. The molecule has 0 radical (unpaired) electrons. The quantitative estimate of drug-likeness (QED) is 0.522. The molecule has 3 aliphatic heterocycles. The number of fused-ring (bicyclic) bond motifs is 3. The van der Waals surface area contributed by atoms with Crippen molar-refractivity contribution in [2.45, 2.75) is 76.2 Å². The summed E-state index contributed by atoms with van der Waals surface area (Å²) < 4.78 is 25.8. The van der Waals surface area contributed by atoms with E-state index in [1.54, 1.807) is 0 Å². The number of nitrogens with one attached hydrogen (secondary N) is 1. The van der Waals surface area contributed by atoms with Crippen LogP contribution in [0, 0.1) is 0 Å². The van der Waals surface area contributed by atoms with Crippen molar-refractivity contribution in [3.8, 4) is 0 Å². The highest BCUT2D eigenvalue weighted by molar-refractivity contribution is 7.91.